The second-order valence-electron chi connectivity index (χ2n) is 5.94. The van der Waals surface area contributed by atoms with Crippen LogP contribution in [-0.2, 0) is 4.79 Å². The molecule has 0 bridgehead atoms. The van der Waals surface area contributed by atoms with Crippen molar-refractivity contribution in [3.05, 3.63) is 29.8 Å². The van der Waals surface area contributed by atoms with Crippen LogP contribution < -0.4 is 10.1 Å². The molecule has 2 rings (SSSR count). The van der Waals surface area contributed by atoms with Crippen molar-refractivity contribution >= 4 is 5.91 Å². The van der Waals surface area contributed by atoms with E-state index in [2.05, 4.69) is 16.3 Å². The fourth-order valence-corrected chi connectivity index (χ4v) is 3.00. The molecule has 0 radical (unpaired) electrons. The maximum Gasteiger partial charge on any atom is 0.238 e. The molecule has 1 N–H and O–H groups in total. The van der Waals surface area contributed by atoms with E-state index in [0.29, 0.717) is 11.3 Å². The third-order valence-electron chi connectivity index (χ3n) is 4.43. The van der Waals surface area contributed by atoms with Gasteiger partial charge < -0.3 is 10.1 Å². The van der Waals surface area contributed by atoms with E-state index in [1.54, 1.807) is 13.2 Å². The van der Waals surface area contributed by atoms with Crippen LogP contribution in [0.4, 0.5) is 0 Å². The number of nitrogens with zero attached hydrogens (tertiary/aromatic N) is 2. The zero-order valence-corrected chi connectivity index (χ0v) is 13.9. The van der Waals surface area contributed by atoms with E-state index in [0.717, 1.165) is 25.9 Å². The van der Waals surface area contributed by atoms with Gasteiger partial charge >= 0.3 is 0 Å². The minimum absolute atomic E-state index is 0.107. The number of methoxy groups -OCH3 is 1. The van der Waals surface area contributed by atoms with E-state index in [-0.39, 0.29) is 11.9 Å². The number of ether oxygens (including phenoxy) is 1. The summed E-state index contributed by atoms with van der Waals surface area (Å²) < 4.78 is 5.29. The zero-order valence-electron chi connectivity index (χ0n) is 13.9. The first-order valence-electron chi connectivity index (χ1n) is 8.24. The van der Waals surface area contributed by atoms with Crippen LogP contribution in [0.15, 0.2) is 24.3 Å². The molecule has 2 atom stereocenters. The fraction of sp³-hybridized carbons (Fsp3) is 0.556. The van der Waals surface area contributed by atoms with Crippen LogP contribution in [0.1, 0.15) is 44.2 Å². The zero-order chi connectivity index (χ0) is 16.7. The molecule has 5 nitrogen and oxygen atoms in total. The first-order valence-corrected chi connectivity index (χ1v) is 8.24. The Labute approximate surface area is 138 Å². The minimum Gasteiger partial charge on any atom is -0.496 e. The van der Waals surface area contributed by atoms with Crippen LogP contribution in [-0.4, -0.2) is 37.0 Å². The van der Waals surface area contributed by atoms with Gasteiger partial charge in [-0.1, -0.05) is 31.0 Å². The molecule has 1 heterocycles. The second-order valence-corrected chi connectivity index (χ2v) is 5.94. The molecule has 1 aliphatic heterocycles. The highest BCUT2D eigenvalue weighted by Crippen LogP contribution is 2.24. The Hall–Kier alpha value is -2.06. The van der Waals surface area contributed by atoms with E-state index in [4.69, 9.17) is 4.74 Å². The molecule has 23 heavy (non-hydrogen) atoms. The molecule has 1 aromatic rings. The average Bonchev–Trinajstić information content (AvgIpc) is 2.88. The van der Waals surface area contributed by atoms with Crippen molar-refractivity contribution in [2.24, 2.45) is 0 Å². The lowest BCUT2D eigenvalue weighted by molar-refractivity contribution is -0.126. The molecule has 0 aliphatic carbocycles. The number of benzene rings is 1. The summed E-state index contributed by atoms with van der Waals surface area (Å²) in [4.78, 5) is 14.8. The summed E-state index contributed by atoms with van der Waals surface area (Å²) >= 11 is 0. The maximum atomic E-state index is 12.6. The number of para-hydroxylation sites is 1. The molecule has 1 aliphatic rings. The molecule has 1 saturated heterocycles. The summed E-state index contributed by atoms with van der Waals surface area (Å²) in [6, 6.07) is 8.53. The topological polar surface area (TPSA) is 65.4 Å². The van der Waals surface area contributed by atoms with Gasteiger partial charge in [-0.2, -0.15) is 5.26 Å². The van der Waals surface area contributed by atoms with Crippen molar-refractivity contribution in [2.45, 2.75) is 44.7 Å². The SMILES string of the molecule is COc1ccccc1[C@@H](C#N)NC(=O)[C@H](C)N1CCCCCC1. The summed E-state index contributed by atoms with van der Waals surface area (Å²) in [5.74, 6) is 0.506. The first kappa shape index (κ1) is 17.3. The monoisotopic (exact) mass is 315 g/mol. The number of nitrogens with one attached hydrogen (secondary N) is 1. The number of hydrogen-bond acceptors (Lipinski definition) is 4. The van der Waals surface area contributed by atoms with Crippen molar-refractivity contribution in [1.29, 1.82) is 5.26 Å². The van der Waals surface area contributed by atoms with Crippen LogP contribution in [0.3, 0.4) is 0 Å². The van der Waals surface area contributed by atoms with Gasteiger partial charge in [-0.25, -0.2) is 0 Å². The van der Waals surface area contributed by atoms with Gasteiger partial charge in [0.25, 0.3) is 0 Å². The van der Waals surface area contributed by atoms with Crippen molar-refractivity contribution in [1.82, 2.24) is 10.2 Å². The number of likely N-dealkylation sites (tertiary alicyclic amines) is 1. The quantitative estimate of drug-likeness (QED) is 0.907. The molecule has 5 heteroatoms. The number of hydrogen-bond donors (Lipinski definition) is 1. The van der Waals surface area contributed by atoms with Gasteiger partial charge in [0, 0.05) is 5.56 Å². The fourth-order valence-electron chi connectivity index (χ4n) is 3.00. The molecule has 1 amide bonds. The summed E-state index contributed by atoms with van der Waals surface area (Å²) in [6.07, 6.45) is 4.72. The Bertz CT molecular complexity index is 560. The molecular weight excluding hydrogens is 290 g/mol. The molecule has 124 valence electrons. The number of carbonyl (C=O) groups excluding carboxylic acids is 1. The third kappa shape index (κ3) is 4.46. The molecule has 1 fully saturated rings. The summed E-state index contributed by atoms with van der Waals surface area (Å²) in [7, 11) is 1.56. The standard InChI is InChI=1S/C18H25N3O2/c1-14(21-11-7-3-4-8-12-21)18(22)20-16(13-19)15-9-5-6-10-17(15)23-2/h5-6,9-10,14,16H,3-4,7-8,11-12H2,1-2H3,(H,20,22)/t14-,16+/m0/s1. The molecule has 0 aromatic heterocycles. The van der Waals surface area contributed by atoms with Crippen molar-refractivity contribution in [2.75, 3.05) is 20.2 Å². The Morgan fingerprint density at radius 1 is 1.26 bits per heavy atom. The van der Waals surface area contributed by atoms with E-state index in [1.807, 2.05) is 25.1 Å². The van der Waals surface area contributed by atoms with Crippen LogP contribution >= 0.6 is 0 Å². The van der Waals surface area contributed by atoms with Gasteiger partial charge in [0.15, 0.2) is 0 Å². The van der Waals surface area contributed by atoms with Gasteiger partial charge in [-0.05, 0) is 38.9 Å². The minimum atomic E-state index is -0.701. The molecule has 0 unspecified atom stereocenters. The van der Waals surface area contributed by atoms with Crippen molar-refractivity contribution < 1.29 is 9.53 Å². The van der Waals surface area contributed by atoms with E-state index in [1.165, 1.54) is 12.8 Å². The lowest BCUT2D eigenvalue weighted by Gasteiger charge is -2.27. The first-order chi connectivity index (χ1) is 11.2. The average molecular weight is 315 g/mol. The summed E-state index contributed by atoms with van der Waals surface area (Å²) in [6.45, 7) is 3.80. The van der Waals surface area contributed by atoms with Crippen LogP contribution in [0.5, 0.6) is 5.75 Å². The smallest absolute Gasteiger partial charge is 0.238 e. The van der Waals surface area contributed by atoms with Crippen molar-refractivity contribution in [3.8, 4) is 11.8 Å². The highest BCUT2D eigenvalue weighted by Gasteiger charge is 2.25. The Kier molecular flexibility index (Phi) is 6.42. The maximum absolute atomic E-state index is 12.6. The second kappa shape index (κ2) is 8.54. The van der Waals surface area contributed by atoms with Crippen LogP contribution in [0.25, 0.3) is 0 Å². The predicted molar refractivity (Wildman–Crippen MR) is 89.0 cm³/mol. The van der Waals surface area contributed by atoms with Crippen LogP contribution in [0.2, 0.25) is 0 Å². The number of carbonyl (C=O) groups is 1. The lowest BCUT2D eigenvalue weighted by Crippen LogP contribution is -2.46. The van der Waals surface area contributed by atoms with E-state index in [9.17, 15) is 10.1 Å². The molecule has 0 saturated carbocycles. The highest BCUT2D eigenvalue weighted by atomic mass is 16.5. The summed E-state index contributed by atoms with van der Waals surface area (Å²) in [5.41, 5.74) is 0.689. The highest BCUT2D eigenvalue weighted by molar-refractivity contribution is 5.82. The van der Waals surface area contributed by atoms with E-state index >= 15 is 0 Å². The lowest BCUT2D eigenvalue weighted by atomic mass is 10.1. The molecule has 1 aromatic carbocycles. The van der Waals surface area contributed by atoms with Gasteiger partial charge in [0.1, 0.15) is 11.8 Å². The normalized spacial score (nSPS) is 18.3. The van der Waals surface area contributed by atoms with Crippen molar-refractivity contribution in [3.63, 3.8) is 0 Å². The number of rotatable bonds is 5. The van der Waals surface area contributed by atoms with E-state index < -0.39 is 6.04 Å². The number of amides is 1. The third-order valence-corrected chi connectivity index (χ3v) is 4.43. The Morgan fingerprint density at radius 2 is 1.91 bits per heavy atom. The molecular formula is C18H25N3O2. The summed E-state index contributed by atoms with van der Waals surface area (Å²) in [5, 5.41) is 12.3. The van der Waals surface area contributed by atoms with Gasteiger partial charge in [0.2, 0.25) is 5.91 Å². The largest absolute Gasteiger partial charge is 0.496 e. The van der Waals surface area contributed by atoms with Crippen LogP contribution in [0, 0.1) is 11.3 Å². The predicted octanol–water partition coefficient (Wildman–Crippen LogP) is 2.64. The van der Waals surface area contributed by atoms with Gasteiger partial charge in [0.05, 0.1) is 19.2 Å². The molecule has 0 spiro atoms. The Morgan fingerprint density at radius 3 is 2.52 bits per heavy atom. The van der Waals surface area contributed by atoms with Gasteiger partial charge in [-0.15, -0.1) is 0 Å². The number of nitriles is 1. The van der Waals surface area contributed by atoms with Gasteiger partial charge in [-0.3, -0.25) is 9.69 Å². The Balaban J connectivity index is 2.06.